The van der Waals surface area contributed by atoms with Gasteiger partial charge < -0.3 is 5.32 Å². The number of rotatable bonds is 4. The molecule has 0 saturated carbocycles. The van der Waals surface area contributed by atoms with Gasteiger partial charge in [-0.2, -0.15) is 0 Å². The number of hydrogen-bond donors (Lipinski definition) is 1. The number of sulfone groups is 1. The zero-order valence-corrected chi connectivity index (χ0v) is 14.0. The maximum Gasteiger partial charge on any atom is 0.175 e. The molecule has 1 N–H and O–H groups in total. The van der Waals surface area contributed by atoms with Gasteiger partial charge in [0.15, 0.2) is 9.84 Å². The van der Waals surface area contributed by atoms with E-state index in [2.05, 4.69) is 21.2 Å². The van der Waals surface area contributed by atoms with Gasteiger partial charge in [-0.3, -0.25) is 0 Å². The molecule has 0 aliphatic carbocycles. The summed E-state index contributed by atoms with van der Waals surface area (Å²) < 4.78 is 37.3. The predicted octanol–water partition coefficient (Wildman–Crippen LogP) is 4.16. The molecule has 0 bridgehead atoms. The van der Waals surface area contributed by atoms with Gasteiger partial charge in [-0.15, -0.1) is 0 Å². The number of nitrogens with one attached hydrogen (secondary N) is 1. The van der Waals surface area contributed by atoms with Crippen LogP contribution in [0.2, 0.25) is 0 Å². The maximum absolute atomic E-state index is 13.9. The van der Waals surface area contributed by atoms with Crippen LogP contribution in [-0.2, 0) is 9.84 Å². The van der Waals surface area contributed by atoms with Crippen molar-refractivity contribution in [2.24, 2.45) is 0 Å². The van der Waals surface area contributed by atoms with Crippen LogP contribution in [-0.4, -0.2) is 14.7 Å². The van der Waals surface area contributed by atoms with Crippen molar-refractivity contribution in [3.63, 3.8) is 0 Å². The third kappa shape index (κ3) is 4.04. The van der Waals surface area contributed by atoms with Crippen LogP contribution in [0.3, 0.4) is 0 Å². The van der Waals surface area contributed by atoms with Crippen LogP contribution >= 0.6 is 15.9 Å². The van der Waals surface area contributed by atoms with Crippen molar-refractivity contribution in [2.45, 2.75) is 17.9 Å². The van der Waals surface area contributed by atoms with Crippen LogP contribution < -0.4 is 5.32 Å². The Morgan fingerprint density at radius 2 is 1.76 bits per heavy atom. The summed E-state index contributed by atoms with van der Waals surface area (Å²) in [7, 11) is -3.20. The molecule has 2 aromatic carbocycles. The lowest BCUT2D eigenvalue weighted by atomic mass is 10.1. The van der Waals surface area contributed by atoms with E-state index in [-0.39, 0.29) is 16.8 Å². The predicted molar refractivity (Wildman–Crippen MR) is 85.7 cm³/mol. The van der Waals surface area contributed by atoms with E-state index in [4.69, 9.17) is 0 Å². The summed E-state index contributed by atoms with van der Waals surface area (Å²) in [4.78, 5) is 0.260. The molecule has 0 amide bonds. The minimum Gasteiger partial charge on any atom is -0.378 e. The Bertz CT molecular complexity index is 745. The molecule has 3 nitrogen and oxygen atoms in total. The SMILES string of the molecule is CC(Nc1ccc(S(C)(=O)=O)cc1)c1ccc(Br)cc1F. The minimum absolute atomic E-state index is 0.234. The van der Waals surface area contributed by atoms with Crippen molar-refractivity contribution in [3.8, 4) is 0 Å². The van der Waals surface area contributed by atoms with E-state index < -0.39 is 9.84 Å². The molecule has 6 heteroatoms. The van der Waals surface area contributed by atoms with Gasteiger partial charge in [0.05, 0.1) is 10.9 Å². The summed E-state index contributed by atoms with van der Waals surface area (Å²) in [6.45, 7) is 1.84. The molecule has 0 radical (unpaired) electrons. The third-order valence-electron chi connectivity index (χ3n) is 3.09. The van der Waals surface area contributed by atoms with E-state index in [0.717, 1.165) is 11.9 Å². The average molecular weight is 372 g/mol. The minimum atomic E-state index is -3.20. The van der Waals surface area contributed by atoms with Gasteiger partial charge in [0.2, 0.25) is 0 Å². The standard InChI is InChI=1S/C15H15BrFNO2S/c1-10(14-8-3-11(16)9-15(14)17)18-12-4-6-13(7-5-12)21(2,19)20/h3-10,18H,1-2H3. The van der Waals surface area contributed by atoms with Crippen molar-refractivity contribution in [3.05, 3.63) is 58.3 Å². The Kier molecular flexibility index (Phi) is 4.68. The van der Waals surface area contributed by atoms with Crippen LogP contribution in [0.4, 0.5) is 10.1 Å². The van der Waals surface area contributed by atoms with E-state index in [0.29, 0.717) is 10.0 Å². The monoisotopic (exact) mass is 371 g/mol. The highest BCUT2D eigenvalue weighted by molar-refractivity contribution is 9.10. The van der Waals surface area contributed by atoms with Gasteiger partial charge in [-0.05, 0) is 43.3 Å². The van der Waals surface area contributed by atoms with Crippen LogP contribution in [0.5, 0.6) is 0 Å². The molecule has 1 atom stereocenters. The fraction of sp³-hybridized carbons (Fsp3) is 0.200. The van der Waals surface area contributed by atoms with E-state index in [1.54, 1.807) is 24.3 Å². The molecule has 0 aliphatic heterocycles. The summed E-state index contributed by atoms with van der Waals surface area (Å²) >= 11 is 3.22. The zero-order chi connectivity index (χ0) is 15.6. The van der Waals surface area contributed by atoms with Crippen molar-refractivity contribution >= 4 is 31.5 Å². The highest BCUT2D eigenvalue weighted by Gasteiger charge is 2.12. The van der Waals surface area contributed by atoms with Crippen molar-refractivity contribution in [2.75, 3.05) is 11.6 Å². The third-order valence-corrected chi connectivity index (χ3v) is 4.72. The lowest BCUT2D eigenvalue weighted by Crippen LogP contribution is -2.08. The normalized spacial score (nSPS) is 13.0. The van der Waals surface area contributed by atoms with E-state index in [1.807, 2.05) is 6.92 Å². The molecule has 2 rings (SSSR count). The van der Waals surface area contributed by atoms with Crippen molar-refractivity contribution in [1.82, 2.24) is 0 Å². The van der Waals surface area contributed by atoms with Gasteiger partial charge in [0, 0.05) is 22.0 Å². The summed E-state index contributed by atoms with van der Waals surface area (Å²) in [5.41, 5.74) is 1.28. The summed E-state index contributed by atoms with van der Waals surface area (Å²) in [6, 6.07) is 11.1. The van der Waals surface area contributed by atoms with Crippen LogP contribution in [0.1, 0.15) is 18.5 Å². The molecule has 112 valence electrons. The van der Waals surface area contributed by atoms with Gasteiger partial charge in [-0.25, -0.2) is 12.8 Å². The number of anilines is 1. The fourth-order valence-electron chi connectivity index (χ4n) is 1.98. The number of hydrogen-bond acceptors (Lipinski definition) is 3. The average Bonchev–Trinajstić information content (AvgIpc) is 2.38. The Labute approximate surface area is 132 Å². The lowest BCUT2D eigenvalue weighted by molar-refractivity contribution is 0.599. The smallest absolute Gasteiger partial charge is 0.175 e. The molecular weight excluding hydrogens is 357 g/mol. The summed E-state index contributed by atoms with van der Waals surface area (Å²) in [5, 5.41) is 3.15. The molecule has 2 aromatic rings. The molecule has 0 aromatic heterocycles. The van der Waals surface area contributed by atoms with E-state index in [9.17, 15) is 12.8 Å². The molecular formula is C15H15BrFNO2S. The van der Waals surface area contributed by atoms with Crippen LogP contribution in [0.25, 0.3) is 0 Å². The number of benzene rings is 2. The lowest BCUT2D eigenvalue weighted by Gasteiger charge is -2.16. The Morgan fingerprint density at radius 1 is 1.14 bits per heavy atom. The maximum atomic E-state index is 13.9. The quantitative estimate of drug-likeness (QED) is 0.877. The van der Waals surface area contributed by atoms with E-state index in [1.165, 1.54) is 18.2 Å². The summed E-state index contributed by atoms with van der Waals surface area (Å²) in [5.74, 6) is -0.294. The number of halogens is 2. The Morgan fingerprint density at radius 3 is 2.29 bits per heavy atom. The van der Waals surface area contributed by atoms with Gasteiger partial charge in [-0.1, -0.05) is 22.0 Å². The first-order chi connectivity index (χ1) is 9.77. The molecule has 21 heavy (non-hydrogen) atoms. The van der Waals surface area contributed by atoms with E-state index >= 15 is 0 Å². The highest BCUT2D eigenvalue weighted by atomic mass is 79.9. The fourth-order valence-corrected chi connectivity index (χ4v) is 2.94. The van der Waals surface area contributed by atoms with Gasteiger partial charge >= 0.3 is 0 Å². The Balaban J connectivity index is 2.18. The second-order valence-electron chi connectivity index (χ2n) is 4.83. The Hall–Kier alpha value is -1.40. The summed E-state index contributed by atoms with van der Waals surface area (Å²) in [6.07, 6.45) is 1.16. The van der Waals surface area contributed by atoms with Crippen molar-refractivity contribution in [1.29, 1.82) is 0 Å². The van der Waals surface area contributed by atoms with Gasteiger partial charge in [0.1, 0.15) is 5.82 Å². The molecule has 0 saturated heterocycles. The molecule has 0 heterocycles. The van der Waals surface area contributed by atoms with Crippen molar-refractivity contribution < 1.29 is 12.8 Å². The largest absolute Gasteiger partial charge is 0.378 e. The second-order valence-corrected chi connectivity index (χ2v) is 7.76. The topological polar surface area (TPSA) is 46.2 Å². The first kappa shape index (κ1) is 16.0. The van der Waals surface area contributed by atoms with Gasteiger partial charge in [0.25, 0.3) is 0 Å². The van der Waals surface area contributed by atoms with Crippen LogP contribution in [0.15, 0.2) is 51.8 Å². The second kappa shape index (κ2) is 6.15. The molecule has 0 fully saturated rings. The molecule has 0 aliphatic rings. The van der Waals surface area contributed by atoms with Crippen LogP contribution in [0, 0.1) is 5.82 Å². The molecule has 1 unspecified atom stereocenters. The zero-order valence-electron chi connectivity index (χ0n) is 11.6. The first-order valence-electron chi connectivity index (χ1n) is 6.29. The first-order valence-corrected chi connectivity index (χ1v) is 8.97. The highest BCUT2D eigenvalue weighted by Crippen LogP contribution is 2.24. The molecule has 0 spiro atoms.